The van der Waals surface area contributed by atoms with Crippen LogP contribution < -0.4 is 9.54 Å². The van der Waals surface area contributed by atoms with E-state index in [-0.39, 0.29) is 11.1 Å². The third kappa shape index (κ3) is 6.83. The Morgan fingerprint density at radius 3 is 2.57 bits per heavy atom. The number of nitrogens with one attached hydrogen (secondary N) is 1. The molecular formula is C25H36N6O2SSi. The molecule has 3 aromatic rings. The molecule has 1 aliphatic carbocycles. The second-order valence-electron chi connectivity index (χ2n) is 10.6. The molecular weight excluding hydrogens is 476 g/mol. The number of thiazole rings is 1. The average Bonchev–Trinajstić information content (AvgIpc) is 3.27. The molecule has 1 saturated carbocycles. The van der Waals surface area contributed by atoms with Gasteiger partial charge in [0.15, 0.2) is 18.9 Å². The zero-order valence-electron chi connectivity index (χ0n) is 21.6. The normalized spacial score (nSPS) is 16.0. The van der Waals surface area contributed by atoms with Crippen molar-refractivity contribution in [1.82, 2.24) is 24.9 Å². The van der Waals surface area contributed by atoms with Crippen LogP contribution in [0.1, 0.15) is 64.3 Å². The molecule has 0 aliphatic heterocycles. The third-order valence-corrected chi connectivity index (χ3v) is 12.2. The van der Waals surface area contributed by atoms with E-state index in [0.29, 0.717) is 18.4 Å². The van der Waals surface area contributed by atoms with E-state index in [1.54, 1.807) is 12.4 Å². The minimum atomic E-state index is -1.83. The van der Waals surface area contributed by atoms with Gasteiger partial charge in [-0.25, -0.2) is 9.97 Å². The topological polar surface area (TPSA) is 98.2 Å². The van der Waals surface area contributed by atoms with Gasteiger partial charge in [-0.05, 0) is 56.8 Å². The molecule has 1 N–H and O–H groups in total. The molecule has 0 amide bonds. The average molecular weight is 513 g/mol. The van der Waals surface area contributed by atoms with E-state index in [9.17, 15) is 0 Å². The molecule has 3 heterocycles. The second-order valence-corrected chi connectivity index (χ2v) is 16.5. The van der Waals surface area contributed by atoms with Crippen LogP contribution in [0.15, 0.2) is 29.6 Å². The molecule has 0 aromatic carbocycles. The smallest absolute Gasteiger partial charge is 0.317 e. The van der Waals surface area contributed by atoms with Crippen LogP contribution in [0, 0.1) is 6.92 Å². The van der Waals surface area contributed by atoms with E-state index in [1.165, 1.54) is 30.6 Å². The molecule has 0 atom stereocenters. The molecule has 0 bridgehead atoms. The summed E-state index contributed by atoms with van der Waals surface area (Å²) in [5.41, 5.74) is 2.52. The Morgan fingerprint density at radius 2 is 1.89 bits per heavy atom. The Bertz CT molecular complexity index is 1190. The monoisotopic (exact) mass is 512 g/mol. The Labute approximate surface area is 212 Å². The number of H-pyrrole nitrogens is 1. The van der Waals surface area contributed by atoms with Gasteiger partial charge in [0.25, 0.3) is 0 Å². The van der Waals surface area contributed by atoms with Crippen LogP contribution >= 0.6 is 11.3 Å². The van der Waals surface area contributed by atoms with E-state index in [2.05, 4.69) is 63.8 Å². The highest BCUT2D eigenvalue weighted by Gasteiger charge is 2.37. The summed E-state index contributed by atoms with van der Waals surface area (Å²) in [5, 5.41) is 0.160. The molecule has 188 valence electrons. The van der Waals surface area contributed by atoms with Gasteiger partial charge in [0, 0.05) is 11.9 Å². The van der Waals surface area contributed by atoms with Crippen molar-refractivity contribution in [3.8, 4) is 16.6 Å². The van der Waals surface area contributed by atoms with Crippen LogP contribution in [0.2, 0.25) is 18.1 Å². The summed E-state index contributed by atoms with van der Waals surface area (Å²) in [6.07, 6.45) is 11.4. The lowest BCUT2D eigenvalue weighted by Crippen LogP contribution is -2.40. The molecule has 0 spiro atoms. The van der Waals surface area contributed by atoms with Crippen LogP contribution in [0.3, 0.4) is 0 Å². The van der Waals surface area contributed by atoms with E-state index in [4.69, 9.17) is 9.16 Å². The first-order valence-electron chi connectivity index (χ1n) is 12.3. The summed E-state index contributed by atoms with van der Waals surface area (Å²) in [7, 11) is -1.83. The van der Waals surface area contributed by atoms with Crippen molar-refractivity contribution >= 4 is 25.5 Å². The van der Waals surface area contributed by atoms with Crippen molar-refractivity contribution in [2.75, 3.05) is 0 Å². The summed E-state index contributed by atoms with van der Waals surface area (Å²) in [5.74, 6) is 0.547. The number of ether oxygens (including phenoxy) is 1. The number of aromatic nitrogens is 5. The SMILES string of the molecule is Cc1cc(-c2c[nH]/c(=N/c3cnc(CO[Si](C)(C)C(C)(C)C)cn3)s2)nc(OC2CCCCC2)n1. The van der Waals surface area contributed by atoms with Gasteiger partial charge in [0.1, 0.15) is 6.10 Å². The number of hydrogen-bond donors (Lipinski definition) is 1. The van der Waals surface area contributed by atoms with E-state index < -0.39 is 8.32 Å². The maximum absolute atomic E-state index is 6.24. The Balaban J connectivity index is 1.45. The number of hydrogen-bond acceptors (Lipinski definition) is 8. The van der Waals surface area contributed by atoms with Crippen LogP contribution in [-0.2, 0) is 11.0 Å². The quantitative estimate of drug-likeness (QED) is 0.384. The molecule has 10 heteroatoms. The van der Waals surface area contributed by atoms with Crippen molar-refractivity contribution in [2.24, 2.45) is 4.99 Å². The zero-order valence-corrected chi connectivity index (χ0v) is 23.4. The minimum Gasteiger partial charge on any atom is -0.460 e. The lowest BCUT2D eigenvalue weighted by Gasteiger charge is -2.35. The van der Waals surface area contributed by atoms with Crippen LogP contribution in [0.4, 0.5) is 5.82 Å². The highest BCUT2D eigenvalue weighted by Crippen LogP contribution is 2.37. The summed E-state index contributed by atoms with van der Waals surface area (Å²) >= 11 is 1.51. The highest BCUT2D eigenvalue weighted by atomic mass is 32.1. The molecule has 0 saturated heterocycles. The predicted molar refractivity (Wildman–Crippen MR) is 141 cm³/mol. The number of aromatic amines is 1. The number of rotatable bonds is 7. The van der Waals surface area contributed by atoms with Crippen molar-refractivity contribution < 1.29 is 9.16 Å². The number of aryl methyl sites for hydroxylation is 1. The van der Waals surface area contributed by atoms with Gasteiger partial charge in [0.2, 0.25) is 0 Å². The Hall–Kier alpha value is -2.43. The van der Waals surface area contributed by atoms with E-state index in [1.807, 2.05) is 19.2 Å². The lowest BCUT2D eigenvalue weighted by atomic mass is 9.98. The molecule has 1 aliphatic rings. The summed E-state index contributed by atoms with van der Waals surface area (Å²) < 4.78 is 12.3. The fourth-order valence-corrected chi connectivity index (χ4v) is 5.31. The minimum absolute atomic E-state index is 0.160. The van der Waals surface area contributed by atoms with Crippen molar-refractivity contribution in [2.45, 2.75) is 90.6 Å². The fraction of sp³-hybridized carbons (Fsp3) is 0.560. The first-order chi connectivity index (χ1) is 16.6. The standard InChI is InChI=1S/C25H36N6O2SSi/c1-17-12-20(30-23(29-17)33-19-10-8-7-9-11-19)21-14-28-24(34-21)31-22-15-26-18(13-27-22)16-32-35(5,6)25(2,3)4/h12-15,19H,7-11,16H2,1-6H3,(H,27,28,31). The highest BCUT2D eigenvalue weighted by molar-refractivity contribution is 7.12. The molecule has 8 nitrogen and oxygen atoms in total. The van der Waals surface area contributed by atoms with Gasteiger partial charge in [-0.15, -0.1) is 0 Å². The molecule has 1 fully saturated rings. The van der Waals surface area contributed by atoms with Gasteiger partial charge < -0.3 is 14.1 Å². The van der Waals surface area contributed by atoms with E-state index in [0.717, 1.165) is 39.6 Å². The van der Waals surface area contributed by atoms with Gasteiger partial charge in [0.05, 0.1) is 35.3 Å². The Morgan fingerprint density at radius 1 is 1.11 bits per heavy atom. The maximum Gasteiger partial charge on any atom is 0.317 e. The lowest BCUT2D eigenvalue weighted by molar-refractivity contribution is 0.142. The summed E-state index contributed by atoms with van der Waals surface area (Å²) in [6.45, 7) is 13.6. The largest absolute Gasteiger partial charge is 0.460 e. The first kappa shape index (κ1) is 25.7. The zero-order chi connectivity index (χ0) is 25.1. The second kappa shape index (κ2) is 10.7. The van der Waals surface area contributed by atoms with Gasteiger partial charge in [-0.3, -0.25) is 4.98 Å². The molecule has 0 radical (unpaired) electrons. The molecule has 4 rings (SSSR count). The summed E-state index contributed by atoms with van der Waals surface area (Å²) in [6, 6.07) is 2.42. The Kier molecular flexibility index (Phi) is 7.82. The molecule has 3 aromatic heterocycles. The predicted octanol–water partition coefficient (Wildman–Crippen LogP) is 6.10. The van der Waals surface area contributed by atoms with Crippen LogP contribution in [-0.4, -0.2) is 39.3 Å². The van der Waals surface area contributed by atoms with Crippen LogP contribution in [0.25, 0.3) is 10.6 Å². The fourth-order valence-electron chi connectivity index (χ4n) is 3.58. The van der Waals surface area contributed by atoms with Gasteiger partial charge >= 0.3 is 6.01 Å². The van der Waals surface area contributed by atoms with Crippen molar-refractivity contribution in [1.29, 1.82) is 0 Å². The molecule has 0 unspecified atom stereocenters. The van der Waals surface area contributed by atoms with Crippen molar-refractivity contribution in [3.63, 3.8) is 0 Å². The summed E-state index contributed by atoms with van der Waals surface area (Å²) in [4.78, 5) is 27.6. The van der Waals surface area contributed by atoms with E-state index >= 15 is 0 Å². The number of nitrogens with zero attached hydrogens (tertiary/aromatic N) is 5. The van der Waals surface area contributed by atoms with Gasteiger partial charge in [-0.1, -0.05) is 38.5 Å². The van der Waals surface area contributed by atoms with Crippen LogP contribution in [0.5, 0.6) is 6.01 Å². The maximum atomic E-state index is 6.24. The molecule has 35 heavy (non-hydrogen) atoms. The van der Waals surface area contributed by atoms with Crippen molar-refractivity contribution in [3.05, 3.63) is 40.8 Å². The third-order valence-electron chi connectivity index (χ3n) is 6.74. The first-order valence-corrected chi connectivity index (χ1v) is 16.0. The van der Waals surface area contributed by atoms with Gasteiger partial charge in [-0.2, -0.15) is 9.98 Å².